The van der Waals surface area contributed by atoms with E-state index in [1.54, 1.807) is 0 Å². The minimum Gasteiger partial charge on any atom is -0.476 e. The standard InChI is InChI=1S/2C8H4N2O8/c2*11-5(12)1-2(6(13)14)10-4(8(17)18)3(9-1)7(15)16/h2*(H,11,12)(H,13,14)(H,15,16)(H,17,18). The van der Waals surface area contributed by atoms with Crippen molar-refractivity contribution >= 4 is 47.8 Å². The Kier molecular flexibility index (Phi) is 8.30. The molecule has 0 saturated heterocycles. The molecule has 8 N–H and O–H groups in total. The first-order chi connectivity index (χ1) is 16.5. The molecular weight excluding hydrogens is 504 g/mol. The normalized spacial score (nSPS) is 9.78. The molecule has 0 aliphatic carbocycles. The lowest BCUT2D eigenvalue weighted by molar-refractivity contribution is 0.0615. The summed E-state index contributed by atoms with van der Waals surface area (Å²) >= 11 is 0. The Morgan fingerprint density at radius 3 is 0.417 bits per heavy atom. The molecule has 0 aliphatic heterocycles. The summed E-state index contributed by atoms with van der Waals surface area (Å²) in [7, 11) is 0. The first-order valence-electron chi connectivity index (χ1n) is 8.21. The Morgan fingerprint density at radius 2 is 0.361 bits per heavy atom. The Bertz CT molecular complexity index is 1060. The van der Waals surface area contributed by atoms with Crippen molar-refractivity contribution in [2.45, 2.75) is 0 Å². The van der Waals surface area contributed by atoms with E-state index in [2.05, 4.69) is 19.9 Å². The van der Waals surface area contributed by atoms with Crippen LogP contribution in [0.25, 0.3) is 0 Å². The maximum Gasteiger partial charge on any atom is 0.357 e. The van der Waals surface area contributed by atoms with Gasteiger partial charge < -0.3 is 40.9 Å². The van der Waals surface area contributed by atoms with E-state index in [9.17, 15) is 38.4 Å². The molecule has 0 fully saturated rings. The number of aromatic carboxylic acids is 8. The fourth-order valence-electron chi connectivity index (χ4n) is 2.06. The van der Waals surface area contributed by atoms with Crippen LogP contribution in [0.2, 0.25) is 0 Å². The summed E-state index contributed by atoms with van der Waals surface area (Å²) in [6.07, 6.45) is 0. The predicted octanol–water partition coefficient (Wildman–Crippen LogP) is -1.46. The maximum absolute atomic E-state index is 10.7. The molecule has 188 valence electrons. The van der Waals surface area contributed by atoms with Gasteiger partial charge in [-0.05, 0) is 0 Å². The van der Waals surface area contributed by atoms with E-state index in [4.69, 9.17) is 40.9 Å². The van der Waals surface area contributed by atoms with Crippen LogP contribution < -0.4 is 0 Å². The number of hydrogen-bond acceptors (Lipinski definition) is 12. The lowest BCUT2D eigenvalue weighted by atomic mass is 10.2. The SMILES string of the molecule is O=C(O)c1nc(C(=O)O)c(C(=O)O)nc1C(=O)O.O=C(O)c1nc(C(=O)O)c(C(=O)O)nc1C(=O)O. The molecule has 20 nitrogen and oxygen atoms in total. The quantitative estimate of drug-likeness (QED) is 0.200. The molecule has 0 spiro atoms. The molecule has 20 heteroatoms. The zero-order valence-corrected chi connectivity index (χ0v) is 16.6. The smallest absolute Gasteiger partial charge is 0.357 e. The first kappa shape index (κ1) is 28.0. The van der Waals surface area contributed by atoms with Crippen LogP contribution in [-0.4, -0.2) is 109 Å². The van der Waals surface area contributed by atoms with Crippen molar-refractivity contribution in [3.05, 3.63) is 45.6 Å². The Hall–Kier alpha value is -6.08. The van der Waals surface area contributed by atoms with E-state index >= 15 is 0 Å². The number of nitrogens with zero attached hydrogens (tertiary/aromatic N) is 4. The van der Waals surface area contributed by atoms with Crippen LogP contribution in [0.15, 0.2) is 0 Å². The summed E-state index contributed by atoms with van der Waals surface area (Å²) in [5.41, 5.74) is -9.19. The molecule has 0 radical (unpaired) electrons. The predicted molar refractivity (Wildman–Crippen MR) is 99.7 cm³/mol. The van der Waals surface area contributed by atoms with Crippen LogP contribution in [0, 0.1) is 0 Å². The Morgan fingerprint density at radius 1 is 0.278 bits per heavy atom. The second-order valence-electron chi connectivity index (χ2n) is 5.68. The first-order valence-corrected chi connectivity index (χ1v) is 8.21. The molecule has 0 aliphatic rings. The van der Waals surface area contributed by atoms with Crippen LogP contribution in [0.5, 0.6) is 0 Å². The molecule has 0 aromatic carbocycles. The van der Waals surface area contributed by atoms with E-state index in [-0.39, 0.29) is 0 Å². The van der Waals surface area contributed by atoms with Gasteiger partial charge in [0, 0.05) is 0 Å². The average Bonchev–Trinajstić information content (AvgIpc) is 2.76. The number of carbonyl (C=O) groups is 8. The zero-order chi connectivity index (χ0) is 28.1. The summed E-state index contributed by atoms with van der Waals surface area (Å²) < 4.78 is 0. The Balaban J connectivity index is 0.000000360. The van der Waals surface area contributed by atoms with E-state index in [0.29, 0.717) is 0 Å². The largest absolute Gasteiger partial charge is 0.476 e. The highest BCUT2D eigenvalue weighted by atomic mass is 16.4. The molecule has 0 atom stereocenters. The highest BCUT2D eigenvalue weighted by Crippen LogP contribution is 2.12. The molecule has 0 unspecified atom stereocenters. The maximum atomic E-state index is 10.7. The molecule has 2 heterocycles. The van der Waals surface area contributed by atoms with Gasteiger partial charge in [-0.1, -0.05) is 0 Å². The van der Waals surface area contributed by atoms with Crippen molar-refractivity contribution < 1.29 is 79.2 Å². The summed E-state index contributed by atoms with van der Waals surface area (Å²) in [6.45, 7) is 0. The number of carboxylic acids is 8. The van der Waals surface area contributed by atoms with E-state index in [1.165, 1.54) is 0 Å². The lowest BCUT2D eigenvalue weighted by Gasteiger charge is -2.04. The topological polar surface area (TPSA) is 350 Å². The molecule has 2 aromatic rings. The van der Waals surface area contributed by atoms with Crippen molar-refractivity contribution in [1.29, 1.82) is 0 Å². The van der Waals surface area contributed by atoms with Crippen LogP contribution >= 0.6 is 0 Å². The second-order valence-corrected chi connectivity index (χ2v) is 5.68. The summed E-state index contributed by atoms with van der Waals surface area (Å²) in [5.74, 6) is -14.7. The lowest BCUT2D eigenvalue weighted by Crippen LogP contribution is -2.21. The van der Waals surface area contributed by atoms with Crippen molar-refractivity contribution in [2.75, 3.05) is 0 Å². The zero-order valence-electron chi connectivity index (χ0n) is 16.6. The monoisotopic (exact) mass is 512 g/mol. The number of carboxylic acid groups (broad SMARTS) is 8. The molecule has 0 saturated carbocycles. The van der Waals surface area contributed by atoms with Crippen molar-refractivity contribution in [2.24, 2.45) is 0 Å². The van der Waals surface area contributed by atoms with Gasteiger partial charge in [0.05, 0.1) is 0 Å². The fraction of sp³-hybridized carbons (Fsp3) is 0. The van der Waals surface area contributed by atoms with Crippen LogP contribution in [-0.2, 0) is 0 Å². The molecular formula is C16H8N4O16. The van der Waals surface area contributed by atoms with E-state index in [0.717, 1.165) is 0 Å². The van der Waals surface area contributed by atoms with Crippen molar-refractivity contribution in [3.8, 4) is 0 Å². The van der Waals surface area contributed by atoms with Crippen LogP contribution in [0.1, 0.15) is 83.9 Å². The van der Waals surface area contributed by atoms with Gasteiger partial charge in [-0.2, -0.15) is 0 Å². The molecule has 36 heavy (non-hydrogen) atoms. The number of rotatable bonds is 8. The minimum absolute atomic E-state index is 1.15. The van der Waals surface area contributed by atoms with Crippen LogP contribution in [0.3, 0.4) is 0 Å². The van der Waals surface area contributed by atoms with Gasteiger partial charge in [-0.25, -0.2) is 58.3 Å². The molecule has 0 bridgehead atoms. The van der Waals surface area contributed by atoms with E-state index in [1.807, 2.05) is 0 Å². The highest BCUT2D eigenvalue weighted by Gasteiger charge is 2.30. The highest BCUT2D eigenvalue weighted by molar-refractivity contribution is 6.05. The third kappa shape index (κ3) is 6.03. The molecule has 2 rings (SSSR count). The number of hydrogen-bond donors (Lipinski definition) is 8. The van der Waals surface area contributed by atoms with Gasteiger partial charge in [-0.3, -0.25) is 0 Å². The minimum atomic E-state index is -1.83. The van der Waals surface area contributed by atoms with Gasteiger partial charge in [0.2, 0.25) is 0 Å². The number of aromatic nitrogens is 4. The summed E-state index contributed by atoms with van der Waals surface area (Å²) in [5, 5.41) is 69.2. The summed E-state index contributed by atoms with van der Waals surface area (Å²) in [4.78, 5) is 97.4. The van der Waals surface area contributed by atoms with Crippen LogP contribution in [0.4, 0.5) is 0 Å². The average molecular weight is 512 g/mol. The molecule has 0 amide bonds. The van der Waals surface area contributed by atoms with Gasteiger partial charge in [0.25, 0.3) is 0 Å². The second kappa shape index (κ2) is 10.7. The third-order valence-electron chi connectivity index (χ3n) is 3.41. The van der Waals surface area contributed by atoms with Gasteiger partial charge in [-0.15, -0.1) is 0 Å². The van der Waals surface area contributed by atoms with Gasteiger partial charge in [0.1, 0.15) is 0 Å². The van der Waals surface area contributed by atoms with Crippen molar-refractivity contribution in [1.82, 2.24) is 19.9 Å². The third-order valence-corrected chi connectivity index (χ3v) is 3.41. The van der Waals surface area contributed by atoms with Gasteiger partial charge in [0.15, 0.2) is 45.6 Å². The van der Waals surface area contributed by atoms with Gasteiger partial charge >= 0.3 is 47.8 Å². The fourth-order valence-corrected chi connectivity index (χ4v) is 2.06. The summed E-state index contributed by atoms with van der Waals surface area (Å²) in [6, 6.07) is 0. The van der Waals surface area contributed by atoms with E-state index < -0.39 is 93.3 Å². The van der Waals surface area contributed by atoms with Crippen molar-refractivity contribution in [3.63, 3.8) is 0 Å². The molecule has 2 aromatic heterocycles. The Labute approximate surface area is 193 Å².